The van der Waals surface area contributed by atoms with Crippen molar-refractivity contribution in [2.75, 3.05) is 0 Å². The first kappa shape index (κ1) is 14.5. The Kier molecular flexibility index (Phi) is 3.25. The molecule has 1 heterocycles. The smallest absolute Gasteiger partial charge is 0.273 e. The minimum absolute atomic E-state index is 0.108. The molecule has 0 aliphatic heterocycles. The number of hydrogen-bond donors (Lipinski definition) is 1. The first-order valence-electron chi connectivity index (χ1n) is 6.55. The van der Waals surface area contributed by atoms with E-state index < -0.39 is 15.6 Å². The highest BCUT2D eigenvalue weighted by Gasteiger charge is 2.40. The van der Waals surface area contributed by atoms with E-state index in [2.05, 4.69) is 17.1 Å². The summed E-state index contributed by atoms with van der Waals surface area (Å²) in [5, 5.41) is 13.1. The summed E-state index contributed by atoms with van der Waals surface area (Å²) in [6.07, 6.45) is 4.29. The Morgan fingerprint density at radius 2 is 1.74 bits per heavy atom. The van der Waals surface area contributed by atoms with E-state index in [1.54, 1.807) is 4.57 Å². The van der Waals surface area contributed by atoms with Crippen molar-refractivity contribution in [3.05, 3.63) is 5.82 Å². The molecule has 108 valence electrons. The summed E-state index contributed by atoms with van der Waals surface area (Å²) < 4.78 is 25.1. The van der Waals surface area contributed by atoms with E-state index in [-0.39, 0.29) is 10.6 Å². The fourth-order valence-corrected chi connectivity index (χ4v) is 3.60. The Morgan fingerprint density at radius 3 is 2.16 bits per heavy atom. The molecule has 0 spiro atoms. The minimum atomic E-state index is -3.86. The van der Waals surface area contributed by atoms with Crippen LogP contribution in [0, 0.1) is 0 Å². The average Bonchev–Trinajstić information content (AvgIpc) is 2.80. The minimum Gasteiger partial charge on any atom is -0.295 e. The van der Waals surface area contributed by atoms with Crippen LogP contribution in [0.5, 0.6) is 0 Å². The zero-order valence-electron chi connectivity index (χ0n) is 12.0. The second-order valence-electron chi connectivity index (χ2n) is 6.63. The van der Waals surface area contributed by atoms with Gasteiger partial charge in [0.25, 0.3) is 15.2 Å². The number of primary sulfonamides is 1. The molecule has 1 aromatic rings. The summed E-state index contributed by atoms with van der Waals surface area (Å²) in [7, 11) is -3.86. The van der Waals surface area contributed by atoms with Gasteiger partial charge in [0, 0.05) is 11.0 Å². The molecule has 1 aromatic heterocycles. The van der Waals surface area contributed by atoms with Crippen molar-refractivity contribution >= 4 is 10.0 Å². The molecule has 2 rings (SSSR count). The quantitative estimate of drug-likeness (QED) is 0.892. The van der Waals surface area contributed by atoms with Crippen LogP contribution in [0.4, 0.5) is 0 Å². The zero-order valence-corrected chi connectivity index (χ0v) is 12.8. The third-order valence-corrected chi connectivity index (χ3v) is 4.58. The van der Waals surface area contributed by atoms with Gasteiger partial charge in [-0.2, -0.15) is 0 Å². The second kappa shape index (κ2) is 4.28. The molecule has 19 heavy (non-hydrogen) atoms. The number of nitrogens with zero attached hydrogens (tertiary/aromatic N) is 3. The van der Waals surface area contributed by atoms with Crippen molar-refractivity contribution in [3.63, 3.8) is 0 Å². The van der Waals surface area contributed by atoms with Crippen molar-refractivity contribution in [1.29, 1.82) is 0 Å². The number of sulfonamides is 1. The van der Waals surface area contributed by atoms with Gasteiger partial charge in [-0.1, -0.05) is 19.8 Å². The average molecular weight is 286 g/mol. The maximum atomic E-state index is 11.7. The van der Waals surface area contributed by atoms with Crippen molar-refractivity contribution in [1.82, 2.24) is 14.8 Å². The molecule has 0 bridgehead atoms. The maximum absolute atomic E-state index is 11.7. The van der Waals surface area contributed by atoms with E-state index >= 15 is 0 Å². The second-order valence-corrected chi connectivity index (χ2v) is 8.08. The molecule has 2 N–H and O–H groups in total. The summed E-state index contributed by atoms with van der Waals surface area (Å²) in [6.45, 7) is 7.94. The van der Waals surface area contributed by atoms with Crippen molar-refractivity contribution < 1.29 is 8.42 Å². The van der Waals surface area contributed by atoms with Gasteiger partial charge in [-0.25, -0.2) is 13.6 Å². The molecule has 1 saturated carbocycles. The van der Waals surface area contributed by atoms with Crippen LogP contribution in [-0.2, 0) is 21.0 Å². The molecule has 1 fully saturated rings. The lowest BCUT2D eigenvalue weighted by Crippen LogP contribution is -2.34. The summed E-state index contributed by atoms with van der Waals surface area (Å²) in [5.41, 5.74) is -0.532. The number of aromatic nitrogens is 3. The van der Waals surface area contributed by atoms with Gasteiger partial charge >= 0.3 is 0 Å². The van der Waals surface area contributed by atoms with E-state index in [9.17, 15) is 8.42 Å². The first-order chi connectivity index (χ1) is 8.56. The van der Waals surface area contributed by atoms with Gasteiger partial charge in [-0.15, -0.1) is 10.2 Å². The van der Waals surface area contributed by atoms with Gasteiger partial charge in [-0.3, -0.25) is 4.57 Å². The Labute approximate surface area is 114 Å². The fourth-order valence-electron chi connectivity index (χ4n) is 2.83. The van der Waals surface area contributed by atoms with Crippen LogP contribution in [0.2, 0.25) is 0 Å². The van der Waals surface area contributed by atoms with Gasteiger partial charge in [-0.05, 0) is 33.6 Å². The van der Waals surface area contributed by atoms with Crippen LogP contribution in [0.15, 0.2) is 5.16 Å². The van der Waals surface area contributed by atoms with E-state index in [0.29, 0.717) is 0 Å². The highest BCUT2D eigenvalue weighted by atomic mass is 32.2. The molecule has 0 aromatic carbocycles. The Bertz CT molecular complexity index is 577. The lowest BCUT2D eigenvalue weighted by atomic mass is 9.87. The van der Waals surface area contributed by atoms with Crippen LogP contribution >= 0.6 is 0 Å². The topological polar surface area (TPSA) is 90.9 Å². The lowest BCUT2D eigenvalue weighted by Gasteiger charge is -2.30. The van der Waals surface area contributed by atoms with Crippen molar-refractivity contribution in [2.24, 2.45) is 5.14 Å². The highest BCUT2D eigenvalue weighted by Crippen LogP contribution is 2.41. The van der Waals surface area contributed by atoms with Crippen molar-refractivity contribution in [3.8, 4) is 0 Å². The molecule has 6 nitrogen and oxygen atoms in total. The molecule has 1 aliphatic rings. The van der Waals surface area contributed by atoms with Crippen LogP contribution in [0.1, 0.15) is 59.2 Å². The summed E-state index contributed by atoms with van der Waals surface area (Å²) in [6, 6.07) is 0. The number of hydrogen-bond acceptors (Lipinski definition) is 4. The standard InChI is InChI=1S/C12H22N4O2S/c1-11(2,3)16-9(12(4)7-5-6-8-12)14-15-10(16)19(13,17)18/h5-8H2,1-4H3,(H2,13,17,18). The zero-order chi connectivity index (χ0) is 14.5. The normalized spacial score (nSPS) is 19.8. The summed E-state index contributed by atoms with van der Waals surface area (Å²) in [4.78, 5) is 0. The Morgan fingerprint density at radius 1 is 1.21 bits per heavy atom. The molecule has 1 aliphatic carbocycles. The van der Waals surface area contributed by atoms with Crippen LogP contribution in [0.25, 0.3) is 0 Å². The maximum Gasteiger partial charge on any atom is 0.273 e. The predicted molar refractivity (Wildman–Crippen MR) is 72.2 cm³/mol. The van der Waals surface area contributed by atoms with Gasteiger partial charge in [0.05, 0.1) is 0 Å². The third-order valence-electron chi connectivity index (χ3n) is 3.81. The highest BCUT2D eigenvalue weighted by molar-refractivity contribution is 7.89. The molecule has 0 atom stereocenters. The van der Waals surface area contributed by atoms with Gasteiger partial charge in [0.2, 0.25) is 0 Å². The van der Waals surface area contributed by atoms with Gasteiger partial charge in [0.15, 0.2) is 0 Å². The van der Waals surface area contributed by atoms with Gasteiger partial charge in [0.1, 0.15) is 5.82 Å². The SMILES string of the molecule is CC1(c2nnc(S(N)(=O)=O)n2C(C)(C)C)CCCC1. The third kappa shape index (κ3) is 2.53. The summed E-state index contributed by atoms with van der Waals surface area (Å²) >= 11 is 0. The molecule has 0 amide bonds. The van der Waals surface area contributed by atoms with Crippen LogP contribution in [0.3, 0.4) is 0 Å². The van der Waals surface area contributed by atoms with Crippen LogP contribution < -0.4 is 5.14 Å². The lowest BCUT2D eigenvalue weighted by molar-refractivity contribution is 0.314. The van der Waals surface area contributed by atoms with E-state index in [4.69, 9.17) is 5.14 Å². The van der Waals surface area contributed by atoms with E-state index in [0.717, 1.165) is 31.5 Å². The van der Waals surface area contributed by atoms with Crippen molar-refractivity contribution in [2.45, 2.75) is 69.5 Å². The predicted octanol–water partition coefficient (Wildman–Crippen LogP) is 1.51. The largest absolute Gasteiger partial charge is 0.295 e. The molecular formula is C12H22N4O2S. The summed E-state index contributed by atoms with van der Waals surface area (Å²) in [5.74, 6) is 0.738. The fraction of sp³-hybridized carbons (Fsp3) is 0.833. The van der Waals surface area contributed by atoms with Gasteiger partial charge < -0.3 is 0 Å². The Hall–Kier alpha value is -0.950. The number of rotatable bonds is 2. The first-order valence-corrected chi connectivity index (χ1v) is 8.09. The van der Waals surface area contributed by atoms with E-state index in [1.807, 2.05) is 20.8 Å². The molecular weight excluding hydrogens is 264 g/mol. The molecule has 0 unspecified atom stereocenters. The molecule has 0 saturated heterocycles. The molecule has 0 radical (unpaired) electrons. The van der Waals surface area contributed by atoms with E-state index in [1.165, 1.54) is 0 Å². The molecule has 7 heteroatoms. The van der Waals surface area contributed by atoms with Crippen LogP contribution in [-0.4, -0.2) is 23.2 Å². The Balaban J connectivity index is 2.67. The number of nitrogens with two attached hydrogens (primary N) is 1. The monoisotopic (exact) mass is 286 g/mol.